The molecule has 1 heterocycles. The Morgan fingerprint density at radius 3 is 2.60 bits per heavy atom. The van der Waals surface area contributed by atoms with Crippen LogP contribution in [-0.4, -0.2) is 37.2 Å². The third-order valence-corrected chi connectivity index (χ3v) is 4.28. The minimum absolute atomic E-state index is 0.260. The lowest BCUT2D eigenvalue weighted by molar-refractivity contribution is 0.578. The van der Waals surface area contributed by atoms with Crippen LogP contribution in [0.4, 0.5) is 5.69 Å². The standard InChI is InChI=1S/C12H17N5O2S/c1-13-10-4-6-11(7-5-10)20(18,19)16-8-2-3-12-14-9-15-17-12/h4-7,9,13,16H,2-3,8H2,1H3,(H,14,15,17). The highest BCUT2D eigenvalue weighted by Crippen LogP contribution is 2.13. The summed E-state index contributed by atoms with van der Waals surface area (Å²) in [5.41, 5.74) is 0.870. The summed E-state index contributed by atoms with van der Waals surface area (Å²) in [6.45, 7) is 0.358. The molecule has 0 aliphatic rings. The van der Waals surface area contributed by atoms with Gasteiger partial charge >= 0.3 is 0 Å². The summed E-state index contributed by atoms with van der Waals surface area (Å²) >= 11 is 0. The number of nitrogens with zero attached hydrogens (tertiary/aromatic N) is 2. The van der Waals surface area contributed by atoms with Gasteiger partial charge in [-0.25, -0.2) is 18.1 Å². The predicted octanol–water partition coefficient (Wildman–Crippen LogP) is 0.757. The van der Waals surface area contributed by atoms with Crippen LogP contribution in [0.3, 0.4) is 0 Å². The molecule has 0 spiro atoms. The van der Waals surface area contributed by atoms with E-state index in [4.69, 9.17) is 0 Å². The van der Waals surface area contributed by atoms with Crippen LogP contribution in [0.2, 0.25) is 0 Å². The quantitative estimate of drug-likeness (QED) is 0.655. The summed E-state index contributed by atoms with van der Waals surface area (Å²) in [6.07, 6.45) is 2.74. The molecular weight excluding hydrogens is 278 g/mol. The molecule has 0 bridgehead atoms. The average molecular weight is 295 g/mol. The molecule has 0 amide bonds. The largest absolute Gasteiger partial charge is 0.388 e. The van der Waals surface area contributed by atoms with Gasteiger partial charge in [0.05, 0.1) is 4.90 Å². The molecule has 0 aliphatic carbocycles. The van der Waals surface area contributed by atoms with E-state index in [9.17, 15) is 8.42 Å². The fourth-order valence-corrected chi connectivity index (χ4v) is 2.77. The summed E-state index contributed by atoms with van der Waals surface area (Å²) in [7, 11) is -1.67. The van der Waals surface area contributed by atoms with E-state index >= 15 is 0 Å². The minimum Gasteiger partial charge on any atom is -0.388 e. The Kier molecular flexibility index (Phi) is 4.70. The molecule has 2 rings (SSSR count). The number of hydrogen-bond donors (Lipinski definition) is 3. The Bertz CT molecular complexity index is 622. The predicted molar refractivity (Wildman–Crippen MR) is 75.9 cm³/mol. The maximum atomic E-state index is 12.0. The molecule has 1 aromatic carbocycles. The van der Waals surface area contributed by atoms with E-state index in [0.29, 0.717) is 19.4 Å². The van der Waals surface area contributed by atoms with Gasteiger partial charge in [0, 0.05) is 25.7 Å². The van der Waals surface area contributed by atoms with Gasteiger partial charge in [0.2, 0.25) is 10.0 Å². The zero-order chi connectivity index (χ0) is 14.4. The molecule has 2 aromatic rings. The number of hydrogen-bond acceptors (Lipinski definition) is 5. The van der Waals surface area contributed by atoms with E-state index in [2.05, 4.69) is 25.2 Å². The molecule has 0 fully saturated rings. The number of rotatable bonds is 7. The fourth-order valence-electron chi connectivity index (χ4n) is 1.70. The Hall–Kier alpha value is -1.93. The minimum atomic E-state index is -3.45. The van der Waals surface area contributed by atoms with Crippen LogP contribution < -0.4 is 10.0 Å². The molecule has 20 heavy (non-hydrogen) atoms. The molecule has 3 N–H and O–H groups in total. The van der Waals surface area contributed by atoms with Gasteiger partial charge in [-0.3, -0.25) is 5.10 Å². The highest BCUT2D eigenvalue weighted by Gasteiger charge is 2.12. The summed E-state index contributed by atoms with van der Waals surface area (Å²) in [5, 5.41) is 9.41. The zero-order valence-electron chi connectivity index (χ0n) is 11.1. The van der Waals surface area contributed by atoms with Gasteiger partial charge in [0.1, 0.15) is 12.2 Å². The first kappa shape index (κ1) is 14.5. The summed E-state index contributed by atoms with van der Waals surface area (Å²) in [5.74, 6) is 0.752. The molecule has 7 nitrogen and oxygen atoms in total. The molecule has 0 aliphatic heterocycles. The third-order valence-electron chi connectivity index (χ3n) is 2.80. The Labute approximate surface area is 117 Å². The zero-order valence-corrected chi connectivity index (χ0v) is 11.9. The molecule has 0 saturated carbocycles. The van der Waals surface area contributed by atoms with Gasteiger partial charge in [-0.2, -0.15) is 5.10 Å². The number of nitrogens with one attached hydrogen (secondary N) is 3. The molecule has 0 atom stereocenters. The molecule has 0 unspecified atom stereocenters. The molecule has 108 valence electrons. The van der Waals surface area contributed by atoms with E-state index in [1.165, 1.54) is 6.33 Å². The maximum Gasteiger partial charge on any atom is 0.240 e. The lowest BCUT2D eigenvalue weighted by Crippen LogP contribution is -2.25. The lowest BCUT2D eigenvalue weighted by atomic mass is 10.3. The van der Waals surface area contributed by atoms with Crippen LogP contribution in [0, 0.1) is 0 Å². The first-order valence-corrected chi connectivity index (χ1v) is 7.72. The number of benzene rings is 1. The van der Waals surface area contributed by atoms with E-state index in [1.54, 1.807) is 31.3 Å². The van der Waals surface area contributed by atoms with Crippen molar-refractivity contribution < 1.29 is 8.42 Å². The lowest BCUT2D eigenvalue weighted by Gasteiger charge is -2.07. The van der Waals surface area contributed by atoms with Crippen LogP contribution in [0.25, 0.3) is 0 Å². The molecule has 8 heteroatoms. The van der Waals surface area contributed by atoms with Gasteiger partial charge in [-0.15, -0.1) is 0 Å². The SMILES string of the molecule is CNc1ccc(S(=O)(=O)NCCCc2ncn[nH]2)cc1. The second kappa shape index (κ2) is 6.49. The van der Waals surface area contributed by atoms with Crippen molar-refractivity contribution in [3.8, 4) is 0 Å². The first-order valence-electron chi connectivity index (χ1n) is 6.23. The van der Waals surface area contributed by atoms with E-state index < -0.39 is 10.0 Å². The van der Waals surface area contributed by atoms with Crippen molar-refractivity contribution in [1.82, 2.24) is 19.9 Å². The highest BCUT2D eigenvalue weighted by molar-refractivity contribution is 7.89. The van der Waals surface area contributed by atoms with E-state index in [1.807, 2.05) is 0 Å². The van der Waals surface area contributed by atoms with Crippen LogP contribution in [-0.2, 0) is 16.4 Å². The fraction of sp³-hybridized carbons (Fsp3) is 0.333. The number of sulfonamides is 1. The van der Waals surface area contributed by atoms with Crippen LogP contribution in [0.1, 0.15) is 12.2 Å². The molecular formula is C12H17N5O2S. The molecule has 0 radical (unpaired) electrons. The topological polar surface area (TPSA) is 99.8 Å². The van der Waals surface area contributed by atoms with Gasteiger partial charge in [0.15, 0.2) is 0 Å². The van der Waals surface area contributed by atoms with E-state index in [-0.39, 0.29) is 4.90 Å². The van der Waals surface area contributed by atoms with Gasteiger partial charge in [-0.05, 0) is 30.7 Å². The first-order chi connectivity index (χ1) is 9.62. The summed E-state index contributed by atoms with van der Waals surface area (Å²) in [6, 6.07) is 6.60. The van der Waals surface area contributed by atoms with Crippen molar-refractivity contribution in [2.75, 3.05) is 18.9 Å². The van der Waals surface area contributed by atoms with Crippen LogP contribution in [0.15, 0.2) is 35.5 Å². The van der Waals surface area contributed by atoms with Crippen molar-refractivity contribution in [3.63, 3.8) is 0 Å². The second-order valence-corrected chi connectivity index (χ2v) is 5.97. The van der Waals surface area contributed by atoms with Crippen molar-refractivity contribution in [1.29, 1.82) is 0 Å². The Balaban J connectivity index is 1.86. The molecule has 1 aromatic heterocycles. The number of anilines is 1. The maximum absolute atomic E-state index is 12.0. The van der Waals surface area contributed by atoms with Crippen molar-refractivity contribution in [3.05, 3.63) is 36.4 Å². The smallest absolute Gasteiger partial charge is 0.240 e. The van der Waals surface area contributed by atoms with Gasteiger partial charge < -0.3 is 5.32 Å². The number of aryl methyl sites for hydroxylation is 1. The normalized spacial score (nSPS) is 11.4. The average Bonchev–Trinajstić information content (AvgIpc) is 2.97. The van der Waals surface area contributed by atoms with Crippen molar-refractivity contribution in [2.24, 2.45) is 0 Å². The van der Waals surface area contributed by atoms with Gasteiger partial charge in [0.25, 0.3) is 0 Å². The number of aromatic nitrogens is 3. The number of H-pyrrole nitrogens is 1. The van der Waals surface area contributed by atoms with Crippen molar-refractivity contribution >= 4 is 15.7 Å². The van der Waals surface area contributed by atoms with Crippen LogP contribution >= 0.6 is 0 Å². The van der Waals surface area contributed by atoms with E-state index in [0.717, 1.165) is 11.5 Å². The Morgan fingerprint density at radius 1 is 1.25 bits per heavy atom. The second-order valence-electron chi connectivity index (χ2n) is 4.21. The summed E-state index contributed by atoms with van der Waals surface area (Å²) in [4.78, 5) is 4.24. The summed E-state index contributed by atoms with van der Waals surface area (Å²) < 4.78 is 26.6. The van der Waals surface area contributed by atoms with Crippen LogP contribution in [0.5, 0.6) is 0 Å². The molecule has 0 saturated heterocycles. The monoisotopic (exact) mass is 295 g/mol. The van der Waals surface area contributed by atoms with Gasteiger partial charge in [-0.1, -0.05) is 0 Å². The Morgan fingerprint density at radius 2 is 2.00 bits per heavy atom. The third kappa shape index (κ3) is 3.78. The van der Waals surface area contributed by atoms with Crippen molar-refractivity contribution in [2.45, 2.75) is 17.7 Å². The highest BCUT2D eigenvalue weighted by atomic mass is 32.2. The number of aromatic amines is 1.